The van der Waals surface area contributed by atoms with Gasteiger partial charge in [-0.3, -0.25) is 19.3 Å². The minimum atomic E-state index is -0.423. The monoisotopic (exact) mass is 315 g/mol. The van der Waals surface area contributed by atoms with Gasteiger partial charge in [0.1, 0.15) is 5.56 Å². The molecule has 1 aliphatic carbocycles. The van der Waals surface area contributed by atoms with Crippen molar-refractivity contribution in [2.75, 3.05) is 0 Å². The van der Waals surface area contributed by atoms with Gasteiger partial charge in [-0.2, -0.15) is 0 Å². The molecular weight excluding hydrogens is 298 g/mol. The second-order valence-electron chi connectivity index (χ2n) is 5.63. The van der Waals surface area contributed by atoms with Crippen LogP contribution in [0.4, 0.5) is 0 Å². The molecule has 0 bridgehead atoms. The SMILES string of the molecule is Cc1ccc(-n2c(O)c(C=NC3CC3)c(=O)[nH]c2=S)c(C)c1. The van der Waals surface area contributed by atoms with E-state index in [1.165, 1.54) is 10.8 Å². The fraction of sp³-hybridized carbons (Fsp3) is 0.312. The van der Waals surface area contributed by atoms with Crippen LogP contribution in [0.25, 0.3) is 5.69 Å². The van der Waals surface area contributed by atoms with Gasteiger partial charge in [0.25, 0.3) is 5.56 Å². The predicted molar refractivity (Wildman–Crippen MR) is 89.0 cm³/mol. The molecule has 6 heteroatoms. The Bertz CT molecular complexity index is 876. The number of nitrogens with one attached hydrogen (secondary N) is 1. The third-order valence-corrected chi connectivity index (χ3v) is 3.96. The standard InChI is InChI=1S/C16H17N3O2S/c1-9-3-6-13(10(2)7-9)19-15(21)12(8-17-11-4-5-11)14(20)18-16(19)22/h3,6-8,11,21H,4-5H2,1-2H3,(H,18,20,22). The van der Waals surface area contributed by atoms with Crippen LogP contribution in [-0.2, 0) is 0 Å². The molecule has 1 saturated carbocycles. The molecule has 0 atom stereocenters. The summed E-state index contributed by atoms with van der Waals surface area (Å²) in [7, 11) is 0. The van der Waals surface area contributed by atoms with Crippen molar-refractivity contribution >= 4 is 18.4 Å². The van der Waals surface area contributed by atoms with E-state index in [1.807, 2.05) is 32.0 Å². The van der Waals surface area contributed by atoms with Crippen LogP contribution in [0.2, 0.25) is 0 Å². The van der Waals surface area contributed by atoms with Crippen molar-refractivity contribution in [3.05, 3.63) is 50.0 Å². The zero-order valence-electron chi connectivity index (χ0n) is 12.5. The van der Waals surface area contributed by atoms with Gasteiger partial charge in [-0.15, -0.1) is 0 Å². The van der Waals surface area contributed by atoms with Crippen LogP contribution in [0.5, 0.6) is 5.88 Å². The summed E-state index contributed by atoms with van der Waals surface area (Å²) in [6.45, 7) is 3.93. The lowest BCUT2D eigenvalue weighted by Gasteiger charge is -2.14. The summed E-state index contributed by atoms with van der Waals surface area (Å²) in [5.74, 6) is -0.176. The average Bonchev–Trinajstić information content (AvgIpc) is 3.24. The first-order valence-electron chi connectivity index (χ1n) is 7.16. The molecule has 0 spiro atoms. The van der Waals surface area contributed by atoms with Gasteiger partial charge in [0.05, 0.1) is 11.7 Å². The van der Waals surface area contributed by atoms with Gasteiger partial charge in [-0.05, 0) is 50.5 Å². The Labute approximate surface area is 133 Å². The molecule has 0 amide bonds. The lowest BCUT2D eigenvalue weighted by Crippen LogP contribution is -2.18. The topological polar surface area (TPSA) is 70.4 Å². The van der Waals surface area contributed by atoms with Crippen LogP contribution < -0.4 is 5.56 Å². The Hall–Kier alpha value is -2.21. The third-order valence-electron chi connectivity index (χ3n) is 3.68. The number of aromatic hydroxyl groups is 1. The molecule has 5 nitrogen and oxygen atoms in total. The number of hydrogen-bond acceptors (Lipinski definition) is 4. The Morgan fingerprint density at radius 1 is 1.41 bits per heavy atom. The number of benzene rings is 1. The van der Waals surface area contributed by atoms with E-state index in [2.05, 4.69) is 9.98 Å². The van der Waals surface area contributed by atoms with E-state index < -0.39 is 5.56 Å². The summed E-state index contributed by atoms with van der Waals surface area (Å²) in [6, 6.07) is 6.09. The smallest absolute Gasteiger partial charge is 0.264 e. The molecule has 0 radical (unpaired) electrons. The summed E-state index contributed by atoms with van der Waals surface area (Å²) in [4.78, 5) is 18.9. The maximum atomic E-state index is 12.0. The number of aromatic amines is 1. The molecule has 0 aliphatic heterocycles. The van der Waals surface area contributed by atoms with Crippen LogP contribution in [0.15, 0.2) is 28.0 Å². The Kier molecular flexibility index (Phi) is 3.70. The van der Waals surface area contributed by atoms with Crippen molar-refractivity contribution in [1.29, 1.82) is 0 Å². The maximum absolute atomic E-state index is 12.0. The quantitative estimate of drug-likeness (QED) is 0.676. The lowest BCUT2D eigenvalue weighted by atomic mass is 10.1. The molecule has 1 aliphatic rings. The Morgan fingerprint density at radius 2 is 2.14 bits per heavy atom. The van der Waals surface area contributed by atoms with Crippen LogP contribution in [0.3, 0.4) is 0 Å². The van der Waals surface area contributed by atoms with Crippen LogP contribution in [0, 0.1) is 18.6 Å². The van der Waals surface area contributed by atoms with Gasteiger partial charge in [-0.25, -0.2) is 0 Å². The first kappa shape index (κ1) is 14.7. The molecule has 2 N–H and O–H groups in total. The molecule has 1 aromatic heterocycles. The molecular formula is C16H17N3O2S. The van der Waals surface area contributed by atoms with Gasteiger partial charge in [0.15, 0.2) is 4.77 Å². The van der Waals surface area contributed by atoms with Crippen molar-refractivity contribution in [1.82, 2.24) is 9.55 Å². The molecule has 1 heterocycles. The molecule has 22 heavy (non-hydrogen) atoms. The van der Waals surface area contributed by atoms with Gasteiger partial charge in [-0.1, -0.05) is 17.7 Å². The van der Waals surface area contributed by atoms with Crippen molar-refractivity contribution < 1.29 is 5.11 Å². The Balaban J connectivity index is 2.20. The zero-order chi connectivity index (χ0) is 15.9. The highest BCUT2D eigenvalue weighted by Crippen LogP contribution is 2.25. The summed E-state index contributed by atoms with van der Waals surface area (Å²) < 4.78 is 1.64. The third kappa shape index (κ3) is 2.74. The highest BCUT2D eigenvalue weighted by atomic mass is 32.1. The number of aliphatic imine (C=N–C) groups is 1. The largest absolute Gasteiger partial charge is 0.494 e. The number of hydrogen-bond donors (Lipinski definition) is 2. The zero-order valence-corrected chi connectivity index (χ0v) is 13.3. The fourth-order valence-corrected chi connectivity index (χ4v) is 2.62. The van der Waals surface area contributed by atoms with Crippen LogP contribution in [-0.4, -0.2) is 26.9 Å². The summed E-state index contributed by atoms with van der Waals surface area (Å²) in [6.07, 6.45) is 3.51. The van der Waals surface area contributed by atoms with Crippen LogP contribution in [0.1, 0.15) is 29.5 Å². The van der Waals surface area contributed by atoms with E-state index in [9.17, 15) is 9.90 Å². The minimum Gasteiger partial charge on any atom is -0.494 e. The van der Waals surface area contributed by atoms with Crippen LogP contribution >= 0.6 is 12.2 Å². The van der Waals surface area contributed by atoms with E-state index in [0.29, 0.717) is 0 Å². The summed E-state index contributed by atoms with van der Waals surface area (Å²) >= 11 is 5.21. The van der Waals surface area contributed by atoms with Gasteiger partial charge >= 0.3 is 0 Å². The number of aromatic nitrogens is 2. The fourth-order valence-electron chi connectivity index (χ4n) is 2.34. The van der Waals surface area contributed by atoms with Crippen molar-refractivity contribution in [2.45, 2.75) is 32.7 Å². The van der Waals surface area contributed by atoms with E-state index >= 15 is 0 Å². The Morgan fingerprint density at radius 3 is 2.77 bits per heavy atom. The van der Waals surface area contributed by atoms with E-state index in [1.54, 1.807) is 0 Å². The first-order valence-corrected chi connectivity index (χ1v) is 7.57. The van der Waals surface area contributed by atoms with Gasteiger partial charge in [0.2, 0.25) is 5.88 Å². The second kappa shape index (κ2) is 5.53. The number of H-pyrrole nitrogens is 1. The first-order chi connectivity index (χ1) is 10.5. The van der Waals surface area contributed by atoms with Gasteiger partial charge < -0.3 is 5.11 Å². The summed E-state index contributed by atoms with van der Waals surface area (Å²) in [5.41, 5.74) is 2.54. The number of rotatable bonds is 3. The molecule has 2 aromatic rings. The maximum Gasteiger partial charge on any atom is 0.264 e. The molecule has 0 saturated heterocycles. The molecule has 1 aromatic carbocycles. The normalized spacial score (nSPS) is 14.6. The van der Waals surface area contributed by atoms with Crippen molar-refractivity contribution in [3.8, 4) is 11.6 Å². The van der Waals surface area contributed by atoms with E-state index in [4.69, 9.17) is 12.2 Å². The van der Waals surface area contributed by atoms with Crippen molar-refractivity contribution in [2.24, 2.45) is 4.99 Å². The molecule has 1 fully saturated rings. The second-order valence-corrected chi connectivity index (χ2v) is 6.02. The summed E-state index contributed by atoms with van der Waals surface area (Å²) in [5, 5.41) is 10.5. The average molecular weight is 315 g/mol. The molecule has 114 valence electrons. The van der Waals surface area contributed by atoms with E-state index in [-0.39, 0.29) is 22.3 Å². The number of nitrogens with zero attached hydrogens (tertiary/aromatic N) is 2. The predicted octanol–water partition coefficient (Wildman–Crippen LogP) is 2.80. The van der Waals surface area contributed by atoms with Gasteiger partial charge in [0, 0.05) is 6.21 Å². The van der Waals surface area contributed by atoms with Crippen molar-refractivity contribution in [3.63, 3.8) is 0 Å². The molecule has 0 unspecified atom stereocenters. The highest BCUT2D eigenvalue weighted by molar-refractivity contribution is 7.71. The number of aryl methyl sites for hydroxylation is 2. The molecule has 3 rings (SSSR count). The minimum absolute atomic E-state index is 0.139. The van der Waals surface area contributed by atoms with E-state index in [0.717, 1.165) is 29.7 Å². The highest BCUT2D eigenvalue weighted by Gasteiger charge is 2.20. The lowest BCUT2D eigenvalue weighted by molar-refractivity contribution is 0.432.